The Hall–Kier alpha value is -1.55. The number of rotatable bonds is 0. The second kappa shape index (κ2) is 3.49. The van der Waals surface area contributed by atoms with Crippen molar-refractivity contribution in [1.29, 1.82) is 0 Å². The molecule has 0 spiro atoms. The van der Waals surface area contributed by atoms with E-state index in [1.165, 1.54) is 0 Å². The summed E-state index contributed by atoms with van der Waals surface area (Å²) in [6.45, 7) is 2.90. The number of anilines is 1. The molecular formula is C12H15N3O. The first-order chi connectivity index (χ1) is 7.75. The molecule has 1 unspecified atom stereocenters. The Balaban J connectivity index is 2.01. The Morgan fingerprint density at radius 2 is 2.12 bits per heavy atom. The molecule has 0 bridgehead atoms. The number of carbonyl (C=O) groups is 1. The van der Waals surface area contributed by atoms with E-state index in [9.17, 15) is 4.79 Å². The van der Waals surface area contributed by atoms with Gasteiger partial charge >= 0.3 is 0 Å². The number of piperazine rings is 1. The van der Waals surface area contributed by atoms with E-state index in [2.05, 4.69) is 22.2 Å². The monoisotopic (exact) mass is 217 g/mol. The van der Waals surface area contributed by atoms with E-state index < -0.39 is 0 Å². The summed E-state index contributed by atoms with van der Waals surface area (Å²) in [5.74, 6) is 0.0483. The van der Waals surface area contributed by atoms with Gasteiger partial charge in [0.25, 0.3) is 5.91 Å². The molecule has 2 aliphatic rings. The van der Waals surface area contributed by atoms with E-state index in [1.54, 1.807) is 0 Å². The molecule has 1 fully saturated rings. The molecule has 3 rings (SSSR count). The topological polar surface area (TPSA) is 35.6 Å². The van der Waals surface area contributed by atoms with Crippen LogP contribution in [0.3, 0.4) is 0 Å². The summed E-state index contributed by atoms with van der Waals surface area (Å²) in [6.07, 6.45) is 0.126. The highest BCUT2D eigenvalue weighted by Gasteiger charge is 2.33. The zero-order chi connectivity index (χ0) is 11.1. The lowest BCUT2D eigenvalue weighted by Crippen LogP contribution is -2.62. The van der Waals surface area contributed by atoms with Crippen LogP contribution in [-0.4, -0.2) is 43.7 Å². The minimum Gasteiger partial charge on any atom is -0.348 e. The zero-order valence-corrected chi connectivity index (χ0v) is 9.31. The van der Waals surface area contributed by atoms with Gasteiger partial charge in [0.1, 0.15) is 6.17 Å². The van der Waals surface area contributed by atoms with Crippen molar-refractivity contribution >= 4 is 11.6 Å². The number of hydrogen-bond acceptors (Lipinski definition) is 3. The fourth-order valence-corrected chi connectivity index (χ4v) is 2.48. The van der Waals surface area contributed by atoms with Crippen LogP contribution in [0, 0.1) is 0 Å². The predicted molar refractivity (Wildman–Crippen MR) is 62.5 cm³/mol. The molecule has 1 aromatic carbocycles. The molecular weight excluding hydrogens is 202 g/mol. The smallest absolute Gasteiger partial charge is 0.255 e. The second-order valence-electron chi connectivity index (χ2n) is 4.46. The van der Waals surface area contributed by atoms with E-state index in [-0.39, 0.29) is 12.1 Å². The molecule has 1 saturated heterocycles. The number of nitrogens with zero attached hydrogens (tertiary/aromatic N) is 2. The number of carbonyl (C=O) groups excluding carboxylic acids is 1. The summed E-state index contributed by atoms with van der Waals surface area (Å²) in [5, 5.41) is 3.05. The van der Waals surface area contributed by atoms with Crippen LogP contribution in [0.25, 0.3) is 0 Å². The minimum atomic E-state index is 0.0483. The van der Waals surface area contributed by atoms with Gasteiger partial charge in [0.15, 0.2) is 0 Å². The quantitative estimate of drug-likeness (QED) is 0.687. The zero-order valence-electron chi connectivity index (χ0n) is 9.31. The van der Waals surface area contributed by atoms with Crippen LogP contribution >= 0.6 is 0 Å². The van der Waals surface area contributed by atoms with Crippen LogP contribution in [0.4, 0.5) is 5.69 Å². The van der Waals surface area contributed by atoms with Crippen molar-refractivity contribution in [2.24, 2.45) is 0 Å². The van der Waals surface area contributed by atoms with E-state index in [0.717, 1.165) is 30.9 Å². The van der Waals surface area contributed by atoms with Gasteiger partial charge in [-0.15, -0.1) is 0 Å². The van der Waals surface area contributed by atoms with Gasteiger partial charge in [-0.2, -0.15) is 0 Å². The third-order valence-corrected chi connectivity index (χ3v) is 3.34. The van der Waals surface area contributed by atoms with Crippen molar-refractivity contribution in [3.8, 4) is 0 Å². The Morgan fingerprint density at radius 1 is 1.31 bits per heavy atom. The molecule has 1 aromatic rings. The molecule has 84 valence electrons. The van der Waals surface area contributed by atoms with Crippen LogP contribution in [-0.2, 0) is 0 Å². The summed E-state index contributed by atoms with van der Waals surface area (Å²) in [4.78, 5) is 16.4. The first-order valence-electron chi connectivity index (χ1n) is 5.61. The Bertz CT molecular complexity index is 432. The number of likely N-dealkylation sites (N-methyl/N-ethyl adjacent to an activating group) is 1. The van der Waals surface area contributed by atoms with E-state index in [0.29, 0.717) is 0 Å². The van der Waals surface area contributed by atoms with Crippen molar-refractivity contribution in [1.82, 2.24) is 10.2 Å². The lowest BCUT2D eigenvalue weighted by Gasteiger charge is -2.44. The van der Waals surface area contributed by atoms with E-state index >= 15 is 0 Å². The van der Waals surface area contributed by atoms with Crippen molar-refractivity contribution in [2.75, 3.05) is 31.6 Å². The molecule has 16 heavy (non-hydrogen) atoms. The average Bonchev–Trinajstić information content (AvgIpc) is 2.29. The number of hydrogen-bond donors (Lipinski definition) is 1. The fourth-order valence-electron chi connectivity index (χ4n) is 2.48. The highest BCUT2D eigenvalue weighted by molar-refractivity contribution is 6.02. The molecule has 0 aromatic heterocycles. The summed E-state index contributed by atoms with van der Waals surface area (Å²) in [7, 11) is 2.09. The SMILES string of the molecule is CN1CCN2c3ccccc3C(=O)NC2C1. The number of para-hydroxylation sites is 1. The van der Waals surface area contributed by atoms with Crippen LogP contribution < -0.4 is 10.2 Å². The summed E-state index contributed by atoms with van der Waals surface area (Å²) in [5.41, 5.74) is 1.87. The average molecular weight is 217 g/mol. The van der Waals surface area contributed by atoms with Crippen LogP contribution in [0.5, 0.6) is 0 Å². The number of amides is 1. The summed E-state index contributed by atoms with van der Waals surface area (Å²) in [6, 6.07) is 7.83. The van der Waals surface area contributed by atoms with Gasteiger partial charge in [-0.05, 0) is 19.2 Å². The molecule has 2 aliphatic heterocycles. The van der Waals surface area contributed by atoms with Gasteiger partial charge in [-0.3, -0.25) is 4.79 Å². The fraction of sp³-hybridized carbons (Fsp3) is 0.417. The van der Waals surface area contributed by atoms with Gasteiger partial charge in [0.2, 0.25) is 0 Å². The van der Waals surface area contributed by atoms with E-state index in [1.807, 2.05) is 24.3 Å². The third-order valence-electron chi connectivity index (χ3n) is 3.34. The van der Waals surface area contributed by atoms with Gasteiger partial charge in [0.05, 0.1) is 11.3 Å². The third kappa shape index (κ3) is 1.38. The molecule has 2 heterocycles. The maximum atomic E-state index is 11.9. The second-order valence-corrected chi connectivity index (χ2v) is 4.46. The first kappa shape index (κ1) is 9.66. The Kier molecular flexibility index (Phi) is 2.11. The normalized spacial score (nSPS) is 24.7. The van der Waals surface area contributed by atoms with Gasteiger partial charge in [-0.25, -0.2) is 0 Å². The van der Waals surface area contributed by atoms with Crippen molar-refractivity contribution in [2.45, 2.75) is 6.17 Å². The molecule has 0 aliphatic carbocycles. The Labute approximate surface area is 94.8 Å². The predicted octanol–water partition coefficient (Wildman–Crippen LogP) is 0.508. The van der Waals surface area contributed by atoms with Gasteiger partial charge < -0.3 is 15.1 Å². The lowest BCUT2D eigenvalue weighted by molar-refractivity contribution is 0.0904. The molecule has 1 atom stereocenters. The molecule has 4 nitrogen and oxygen atoms in total. The lowest BCUT2D eigenvalue weighted by atomic mass is 10.1. The first-order valence-corrected chi connectivity index (χ1v) is 5.61. The standard InChI is InChI=1S/C12H15N3O/c1-14-6-7-15-10-5-3-2-4-9(10)12(16)13-11(15)8-14/h2-5,11H,6-8H2,1H3,(H,13,16). The van der Waals surface area contributed by atoms with Gasteiger partial charge in [-0.1, -0.05) is 12.1 Å². The number of nitrogens with one attached hydrogen (secondary N) is 1. The number of fused-ring (bicyclic) bond motifs is 3. The maximum absolute atomic E-state index is 11.9. The summed E-state index contributed by atoms with van der Waals surface area (Å²) < 4.78 is 0. The van der Waals surface area contributed by atoms with Crippen LogP contribution in [0.1, 0.15) is 10.4 Å². The maximum Gasteiger partial charge on any atom is 0.255 e. The van der Waals surface area contributed by atoms with Gasteiger partial charge in [0, 0.05) is 19.6 Å². The molecule has 1 N–H and O–H groups in total. The van der Waals surface area contributed by atoms with Crippen molar-refractivity contribution < 1.29 is 4.79 Å². The van der Waals surface area contributed by atoms with Crippen LogP contribution in [0.15, 0.2) is 24.3 Å². The minimum absolute atomic E-state index is 0.0483. The van der Waals surface area contributed by atoms with Crippen molar-refractivity contribution in [3.05, 3.63) is 29.8 Å². The molecule has 4 heteroatoms. The van der Waals surface area contributed by atoms with Crippen LogP contribution in [0.2, 0.25) is 0 Å². The molecule has 0 saturated carbocycles. The highest BCUT2D eigenvalue weighted by atomic mass is 16.2. The number of benzene rings is 1. The highest BCUT2D eigenvalue weighted by Crippen LogP contribution is 2.27. The summed E-state index contributed by atoms with van der Waals surface area (Å²) >= 11 is 0. The Morgan fingerprint density at radius 3 is 3.00 bits per heavy atom. The molecule has 1 amide bonds. The van der Waals surface area contributed by atoms with E-state index in [4.69, 9.17) is 0 Å². The van der Waals surface area contributed by atoms with Crippen molar-refractivity contribution in [3.63, 3.8) is 0 Å². The largest absolute Gasteiger partial charge is 0.348 e. The molecule has 0 radical (unpaired) electrons.